The van der Waals surface area contributed by atoms with Crippen molar-refractivity contribution in [2.75, 3.05) is 18.5 Å². The monoisotopic (exact) mass is 256 g/mol. The molecule has 0 aromatic heterocycles. The summed E-state index contributed by atoms with van der Waals surface area (Å²) in [5.74, 6) is -0.478. The minimum absolute atomic E-state index is 0.166. The molecule has 0 aliphatic carbocycles. The molecule has 0 bridgehead atoms. The number of amides is 2. The number of nitrogens with one attached hydrogen (secondary N) is 2. The van der Waals surface area contributed by atoms with Gasteiger partial charge in [-0.2, -0.15) is 0 Å². The summed E-state index contributed by atoms with van der Waals surface area (Å²) < 4.78 is 4.66. The summed E-state index contributed by atoms with van der Waals surface area (Å²) in [6, 6.07) is 6.22. The first-order valence-electron chi connectivity index (χ1n) is 5.08. The van der Waals surface area contributed by atoms with E-state index < -0.39 is 12.0 Å². The van der Waals surface area contributed by atoms with E-state index in [4.69, 9.17) is 11.6 Å². The Labute approximate surface area is 104 Å². The summed E-state index contributed by atoms with van der Waals surface area (Å²) in [4.78, 5) is 22.3. The molecular formula is C11H13ClN2O3. The minimum atomic E-state index is -0.486. The van der Waals surface area contributed by atoms with Crippen molar-refractivity contribution in [3.05, 3.63) is 29.3 Å². The third-order valence-electron chi connectivity index (χ3n) is 1.78. The number of esters is 1. The molecule has 0 heterocycles. The first-order valence-corrected chi connectivity index (χ1v) is 5.45. The van der Waals surface area contributed by atoms with E-state index in [1.54, 1.807) is 31.2 Å². The van der Waals surface area contributed by atoms with Gasteiger partial charge in [0.15, 0.2) is 0 Å². The Morgan fingerprint density at radius 2 is 2.18 bits per heavy atom. The van der Waals surface area contributed by atoms with Crippen LogP contribution in [-0.2, 0) is 9.53 Å². The quantitative estimate of drug-likeness (QED) is 0.810. The van der Waals surface area contributed by atoms with Gasteiger partial charge >= 0.3 is 12.0 Å². The predicted molar refractivity (Wildman–Crippen MR) is 65.1 cm³/mol. The van der Waals surface area contributed by atoms with Crippen LogP contribution in [0.4, 0.5) is 10.5 Å². The summed E-state index contributed by atoms with van der Waals surface area (Å²) in [6.45, 7) is 1.82. The summed E-state index contributed by atoms with van der Waals surface area (Å²) in [5, 5.41) is 5.43. The number of halogens is 1. The number of anilines is 1. The van der Waals surface area contributed by atoms with Crippen LogP contribution in [0.15, 0.2) is 24.3 Å². The molecule has 0 saturated heterocycles. The van der Waals surface area contributed by atoms with Crippen LogP contribution in [0.1, 0.15) is 6.92 Å². The van der Waals surface area contributed by atoms with E-state index in [0.717, 1.165) is 0 Å². The fraction of sp³-hybridized carbons (Fsp3) is 0.273. The van der Waals surface area contributed by atoms with Crippen LogP contribution >= 0.6 is 11.6 Å². The molecule has 17 heavy (non-hydrogen) atoms. The van der Waals surface area contributed by atoms with Gasteiger partial charge < -0.3 is 15.4 Å². The highest BCUT2D eigenvalue weighted by molar-refractivity contribution is 6.30. The minimum Gasteiger partial charge on any atom is -0.465 e. The van der Waals surface area contributed by atoms with Gasteiger partial charge in [0.1, 0.15) is 6.54 Å². The Bertz CT molecular complexity index is 409. The van der Waals surface area contributed by atoms with Gasteiger partial charge in [0, 0.05) is 10.7 Å². The fourth-order valence-corrected chi connectivity index (χ4v) is 1.30. The van der Waals surface area contributed by atoms with Crippen molar-refractivity contribution in [1.29, 1.82) is 0 Å². The van der Waals surface area contributed by atoms with Gasteiger partial charge in [-0.05, 0) is 25.1 Å². The van der Waals surface area contributed by atoms with Gasteiger partial charge in [-0.1, -0.05) is 17.7 Å². The van der Waals surface area contributed by atoms with Gasteiger partial charge in [0.05, 0.1) is 6.61 Å². The van der Waals surface area contributed by atoms with Gasteiger partial charge in [0.2, 0.25) is 0 Å². The molecule has 0 fully saturated rings. The molecule has 92 valence electrons. The molecule has 2 amide bonds. The van der Waals surface area contributed by atoms with Crippen molar-refractivity contribution < 1.29 is 14.3 Å². The van der Waals surface area contributed by atoms with Crippen LogP contribution < -0.4 is 10.6 Å². The average Bonchev–Trinajstić information content (AvgIpc) is 2.27. The number of rotatable bonds is 4. The van der Waals surface area contributed by atoms with Gasteiger partial charge in [-0.3, -0.25) is 4.79 Å². The van der Waals surface area contributed by atoms with Crippen LogP contribution in [-0.4, -0.2) is 25.2 Å². The molecule has 0 saturated carbocycles. The lowest BCUT2D eigenvalue weighted by Gasteiger charge is -2.07. The van der Waals surface area contributed by atoms with E-state index in [9.17, 15) is 9.59 Å². The Morgan fingerprint density at radius 3 is 2.82 bits per heavy atom. The Balaban J connectivity index is 2.37. The van der Waals surface area contributed by atoms with Gasteiger partial charge in [-0.15, -0.1) is 0 Å². The number of carbonyl (C=O) groups excluding carboxylic acids is 2. The third-order valence-corrected chi connectivity index (χ3v) is 2.02. The highest BCUT2D eigenvalue weighted by Crippen LogP contribution is 2.14. The van der Waals surface area contributed by atoms with E-state index >= 15 is 0 Å². The fourth-order valence-electron chi connectivity index (χ4n) is 1.11. The van der Waals surface area contributed by atoms with E-state index in [2.05, 4.69) is 15.4 Å². The Morgan fingerprint density at radius 1 is 1.41 bits per heavy atom. The Kier molecular flexibility index (Phi) is 5.29. The van der Waals surface area contributed by atoms with Crippen molar-refractivity contribution >= 4 is 29.3 Å². The second kappa shape index (κ2) is 6.75. The molecule has 6 heteroatoms. The van der Waals surface area contributed by atoms with Crippen molar-refractivity contribution in [1.82, 2.24) is 5.32 Å². The lowest BCUT2D eigenvalue weighted by Crippen LogP contribution is -2.34. The van der Waals surface area contributed by atoms with E-state index in [-0.39, 0.29) is 13.2 Å². The maximum atomic E-state index is 11.4. The van der Waals surface area contributed by atoms with Crippen molar-refractivity contribution in [2.45, 2.75) is 6.92 Å². The molecule has 1 rings (SSSR count). The van der Waals surface area contributed by atoms with E-state index in [0.29, 0.717) is 10.7 Å². The SMILES string of the molecule is CCOC(=O)CNC(=O)Nc1cccc(Cl)c1. The predicted octanol–water partition coefficient (Wildman–Crippen LogP) is 2.02. The smallest absolute Gasteiger partial charge is 0.325 e. The number of urea groups is 1. The number of benzene rings is 1. The highest BCUT2D eigenvalue weighted by atomic mass is 35.5. The molecular weight excluding hydrogens is 244 g/mol. The van der Waals surface area contributed by atoms with Crippen molar-refractivity contribution in [2.24, 2.45) is 0 Å². The molecule has 1 aromatic carbocycles. The van der Waals surface area contributed by atoms with Gasteiger partial charge in [-0.25, -0.2) is 4.79 Å². The van der Waals surface area contributed by atoms with Crippen molar-refractivity contribution in [3.63, 3.8) is 0 Å². The van der Waals surface area contributed by atoms with E-state index in [1.807, 2.05) is 0 Å². The van der Waals surface area contributed by atoms with Crippen LogP contribution in [0.25, 0.3) is 0 Å². The number of hydrogen-bond acceptors (Lipinski definition) is 3. The van der Waals surface area contributed by atoms with Crippen LogP contribution in [0.5, 0.6) is 0 Å². The summed E-state index contributed by atoms with van der Waals surface area (Å²) in [6.07, 6.45) is 0. The average molecular weight is 257 g/mol. The standard InChI is InChI=1S/C11H13ClN2O3/c1-2-17-10(15)7-13-11(16)14-9-5-3-4-8(12)6-9/h3-6H,2,7H2,1H3,(H2,13,14,16). The first kappa shape index (κ1) is 13.3. The molecule has 5 nitrogen and oxygen atoms in total. The lowest BCUT2D eigenvalue weighted by atomic mass is 10.3. The van der Waals surface area contributed by atoms with Crippen LogP contribution in [0.2, 0.25) is 5.02 Å². The number of hydrogen-bond donors (Lipinski definition) is 2. The molecule has 2 N–H and O–H groups in total. The molecule has 0 unspecified atom stereocenters. The molecule has 0 spiro atoms. The maximum Gasteiger partial charge on any atom is 0.325 e. The summed E-state index contributed by atoms with van der Waals surface area (Å²) in [5.41, 5.74) is 0.554. The van der Waals surface area contributed by atoms with Crippen molar-refractivity contribution in [3.8, 4) is 0 Å². The zero-order chi connectivity index (χ0) is 12.7. The second-order valence-electron chi connectivity index (χ2n) is 3.12. The molecule has 0 atom stereocenters. The van der Waals surface area contributed by atoms with Crippen LogP contribution in [0, 0.1) is 0 Å². The topological polar surface area (TPSA) is 67.4 Å². The maximum absolute atomic E-state index is 11.4. The zero-order valence-electron chi connectivity index (χ0n) is 9.33. The summed E-state index contributed by atoms with van der Waals surface area (Å²) in [7, 11) is 0. The lowest BCUT2D eigenvalue weighted by molar-refractivity contribution is -0.141. The zero-order valence-corrected chi connectivity index (χ0v) is 10.1. The van der Waals surface area contributed by atoms with E-state index in [1.165, 1.54) is 0 Å². The molecule has 1 aromatic rings. The first-order chi connectivity index (χ1) is 8.11. The van der Waals surface area contributed by atoms with Crippen LogP contribution in [0.3, 0.4) is 0 Å². The Hall–Kier alpha value is -1.75. The highest BCUT2D eigenvalue weighted by Gasteiger charge is 2.05. The number of ether oxygens (including phenoxy) is 1. The molecule has 0 radical (unpaired) electrons. The van der Waals surface area contributed by atoms with Gasteiger partial charge in [0.25, 0.3) is 0 Å². The summed E-state index contributed by atoms with van der Waals surface area (Å²) >= 11 is 5.75. The molecule has 0 aliphatic rings. The number of carbonyl (C=O) groups is 2. The largest absolute Gasteiger partial charge is 0.465 e. The molecule has 0 aliphatic heterocycles. The second-order valence-corrected chi connectivity index (χ2v) is 3.56. The third kappa shape index (κ3) is 5.21. The normalized spacial score (nSPS) is 9.53.